The molecule has 0 spiro atoms. The van der Waals surface area contributed by atoms with Gasteiger partial charge in [-0.1, -0.05) is 60.7 Å². The van der Waals surface area contributed by atoms with Crippen molar-refractivity contribution in [3.63, 3.8) is 0 Å². The van der Waals surface area contributed by atoms with Gasteiger partial charge in [0.15, 0.2) is 12.4 Å². The molecule has 7 nitrogen and oxygen atoms in total. The first kappa shape index (κ1) is 24.6. The Kier molecular flexibility index (Phi) is 8.26. The summed E-state index contributed by atoms with van der Waals surface area (Å²) in [5.74, 6) is 0. The molecule has 0 aliphatic carbocycles. The predicted molar refractivity (Wildman–Crippen MR) is 107 cm³/mol. The first-order valence-electron chi connectivity index (χ1n) is 9.66. The number of ether oxygens (including phenoxy) is 4. The van der Waals surface area contributed by atoms with Crippen molar-refractivity contribution < 1.29 is 44.7 Å². The molecule has 2 aromatic carbocycles. The maximum Gasteiger partial charge on any atom is 0.523 e. The number of hydrogen-bond donors (Lipinski definition) is 0. The molecule has 1 heterocycles. The standard InChI is InChI=1S/C21H23F3O7S/c1-27-20-19(31-32(25,26)21(22,23)24)18(29-13-16-10-6-3-7-11-16)17(30-20)14-28-12-15-8-4-2-5-9-15/h2-11,17-20H,12-14H2,1H3/t17-,18-,19+,20?/m1/s1. The van der Waals surface area contributed by atoms with Crippen LogP contribution in [0.5, 0.6) is 0 Å². The second kappa shape index (κ2) is 10.7. The Balaban J connectivity index is 1.75. The van der Waals surface area contributed by atoms with Crippen LogP contribution in [-0.4, -0.2) is 52.2 Å². The molecule has 3 rings (SSSR count). The van der Waals surface area contributed by atoms with Crippen molar-refractivity contribution in [1.82, 2.24) is 0 Å². The zero-order valence-corrected chi connectivity index (χ0v) is 17.9. The van der Waals surface area contributed by atoms with Crippen molar-refractivity contribution in [2.45, 2.75) is 43.3 Å². The lowest BCUT2D eigenvalue weighted by Crippen LogP contribution is -2.43. The number of rotatable bonds is 10. The lowest BCUT2D eigenvalue weighted by molar-refractivity contribution is -0.154. The van der Waals surface area contributed by atoms with E-state index in [1.807, 2.05) is 30.3 Å². The quantitative estimate of drug-likeness (QED) is 0.384. The summed E-state index contributed by atoms with van der Waals surface area (Å²) in [6.07, 6.45) is -5.22. The topological polar surface area (TPSA) is 80.3 Å². The van der Waals surface area contributed by atoms with E-state index >= 15 is 0 Å². The average Bonchev–Trinajstić information content (AvgIpc) is 3.08. The van der Waals surface area contributed by atoms with Gasteiger partial charge >= 0.3 is 15.6 Å². The van der Waals surface area contributed by atoms with E-state index in [4.69, 9.17) is 18.9 Å². The average molecular weight is 476 g/mol. The van der Waals surface area contributed by atoms with Crippen LogP contribution < -0.4 is 0 Å². The van der Waals surface area contributed by atoms with E-state index in [1.165, 1.54) is 7.11 Å². The monoisotopic (exact) mass is 476 g/mol. The van der Waals surface area contributed by atoms with Gasteiger partial charge in [0.25, 0.3) is 0 Å². The van der Waals surface area contributed by atoms with Crippen molar-refractivity contribution in [1.29, 1.82) is 0 Å². The van der Waals surface area contributed by atoms with E-state index in [2.05, 4.69) is 4.18 Å². The summed E-state index contributed by atoms with van der Waals surface area (Å²) in [5.41, 5.74) is -3.99. The lowest BCUT2D eigenvalue weighted by Gasteiger charge is -2.24. The van der Waals surface area contributed by atoms with Crippen LogP contribution in [0.4, 0.5) is 13.2 Å². The van der Waals surface area contributed by atoms with Crippen LogP contribution in [-0.2, 0) is 46.5 Å². The van der Waals surface area contributed by atoms with Crippen molar-refractivity contribution >= 4 is 10.1 Å². The van der Waals surface area contributed by atoms with Crippen molar-refractivity contribution in [3.05, 3.63) is 71.8 Å². The Bertz CT molecular complexity index is 939. The minimum atomic E-state index is -5.91. The smallest absolute Gasteiger partial charge is 0.374 e. The third-order valence-corrected chi connectivity index (χ3v) is 5.74. The minimum Gasteiger partial charge on any atom is -0.374 e. The molecule has 11 heteroatoms. The van der Waals surface area contributed by atoms with Crippen molar-refractivity contribution in [2.75, 3.05) is 13.7 Å². The molecule has 32 heavy (non-hydrogen) atoms. The van der Waals surface area contributed by atoms with E-state index < -0.39 is 40.2 Å². The predicted octanol–water partition coefficient (Wildman–Crippen LogP) is 3.39. The van der Waals surface area contributed by atoms with E-state index in [9.17, 15) is 21.6 Å². The number of benzene rings is 2. The van der Waals surface area contributed by atoms with Gasteiger partial charge in [0.2, 0.25) is 0 Å². The van der Waals surface area contributed by atoms with Crippen LogP contribution in [0.2, 0.25) is 0 Å². The second-order valence-corrected chi connectivity index (χ2v) is 8.56. The Morgan fingerprint density at radius 3 is 2.00 bits per heavy atom. The molecular formula is C21H23F3O7S. The van der Waals surface area contributed by atoms with Gasteiger partial charge in [0, 0.05) is 7.11 Å². The molecule has 1 aliphatic rings. The molecule has 1 unspecified atom stereocenters. The van der Waals surface area contributed by atoms with Crippen LogP contribution in [0.15, 0.2) is 60.7 Å². The highest BCUT2D eigenvalue weighted by Crippen LogP contribution is 2.34. The van der Waals surface area contributed by atoms with Gasteiger partial charge in [-0.15, -0.1) is 0 Å². The fourth-order valence-electron chi connectivity index (χ4n) is 3.15. The fourth-order valence-corrected chi connectivity index (χ4v) is 3.76. The molecule has 1 aliphatic heterocycles. The van der Waals surface area contributed by atoms with Crippen LogP contribution in [0.3, 0.4) is 0 Å². The van der Waals surface area contributed by atoms with Crippen molar-refractivity contribution in [2.24, 2.45) is 0 Å². The van der Waals surface area contributed by atoms with Crippen LogP contribution in [0, 0.1) is 0 Å². The zero-order chi connectivity index (χ0) is 23.2. The van der Waals surface area contributed by atoms with E-state index in [0.717, 1.165) is 11.1 Å². The Hall–Kier alpha value is -2.02. The van der Waals surface area contributed by atoms with Gasteiger partial charge < -0.3 is 18.9 Å². The second-order valence-electron chi connectivity index (χ2n) is 7.00. The maximum atomic E-state index is 12.9. The van der Waals surface area contributed by atoms with E-state index in [1.54, 1.807) is 30.3 Å². The molecule has 0 amide bonds. The summed E-state index contributed by atoms with van der Waals surface area (Å²) in [6.45, 7) is 0.128. The Labute approximate surface area is 184 Å². The van der Waals surface area contributed by atoms with Gasteiger partial charge in [-0.05, 0) is 11.1 Å². The summed E-state index contributed by atoms with van der Waals surface area (Å²) >= 11 is 0. The minimum absolute atomic E-state index is 0.00753. The largest absolute Gasteiger partial charge is 0.523 e. The SMILES string of the molecule is COC1O[C@H](COCc2ccccc2)[C@@H](OCc2ccccc2)[C@@H]1OS(=O)(=O)C(F)(F)F. The number of alkyl halides is 3. The highest BCUT2D eigenvalue weighted by Gasteiger charge is 2.55. The third-order valence-electron chi connectivity index (χ3n) is 4.70. The molecule has 1 saturated heterocycles. The van der Waals surface area contributed by atoms with E-state index in [-0.39, 0.29) is 19.8 Å². The number of methoxy groups -OCH3 is 1. The normalized spacial score (nSPS) is 24.0. The molecule has 0 N–H and O–H groups in total. The Morgan fingerprint density at radius 1 is 0.906 bits per heavy atom. The summed E-state index contributed by atoms with van der Waals surface area (Å²) < 4.78 is 88.6. The summed E-state index contributed by atoms with van der Waals surface area (Å²) in [7, 11) is -4.74. The molecule has 0 bridgehead atoms. The molecule has 0 radical (unpaired) electrons. The van der Waals surface area contributed by atoms with Gasteiger partial charge in [-0.3, -0.25) is 4.18 Å². The van der Waals surface area contributed by atoms with Gasteiger partial charge in [-0.2, -0.15) is 21.6 Å². The molecule has 0 aromatic heterocycles. The third kappa shape index (κ3) is 6.27. The van der Waals surface area contributed by atoms with Crippen LogP contribution in [0.1, 0.15) is 11.1 Å². The molecule has 2 aromatic rings. The summed E-state index contributed by atoms with van der Waals surface area (Å²) in [4.78, 5) is 0. The molecule has 176 valence electrons. The fraction of sp³-hybridized carbons (Fsp3) is 0.429. The van der Waals surface area contributed by atoms with Gasteiger partial charge in [0.1, 0.15) is 12.2 Å². The maximum absolute atomic E-state index is 12.9. The highest BCUT2D eigenvalue weighted by atomic mass is 32.2. The van der Waals surface area contributed by atoms with Crippen LogP contribution >= 0.6 is 0 Å². The highest BCUT2D eigenvalue weighted by molar-refractivity contribution is 7.87. The van der Waals surface area contributed by atoms with Gasteiger partial charge in [0.05, 0.1) is 19.8 Å². The molecule has 0 saturated carbocycles. The van der Waals surface area contributed by atoms with E-state index in [0.29, 0.717) is 0 Å². The Morgan fingerprint density at radius 2 is 1.47 bits per heavy atom. The first-order chi connectivity index (χ1) is 15.2. The molecule has 4 atom stereocenters. The van der Waals surface area contributed by atoms with Crippen molar-refractivity contribution in [3.8, 4) is 0 Å². The van der Waals surface area contributed by atoms with Crippen LogP contribution in [0.25, 0.3) is 0 Å². The number of hydrogen-bond acceptors (Lipinski definition) is 7. The first-order valence-corrected chi connectivity index (χ1v) is 11.1. The molecule has 1 fully saturated rings. The zero-order valence-electron chi connectivity index (χ0n) is 17.1. The summed E-state index contributed by atoms with van der Waals surface area (Å²) in [6, 6.07) is 18.1. The number of halogens is 3. The molecular weight excluding hydrogens is 453 g/mol. The van der Waals surface area contributed by atoms with Gasteiger partial charge in [-0.25, -0.2) is 0 Å². The summed E-state index contributed by atoms with van der Waals surface area (Å²) in [5, 5.41) is 0. The lowest BCUT2D eigenvalue weighted by atomic mass is 10.1.